The number of halogens is 1. The Hall–Kier alpha value is -0.580. The highest BCUT2D eigenvalue weighted by Crippen LogP contribution is 2.11. The van der Waals surface area contributed by atoms with E-state index < -0.39 is 12.0 Å². The van der Waals surface area contributed by atoms with Gasteiger partial charge in [0.25, 0.3) is 0 Å². The average Bonchev–Trinajstić information content (AvgIpc) is 2.48. The normalized spacial score (nSPS) is 26.5. The average molecular weight is 208 g/mol. The summed E-state index contributed by atoms with van der Waals surface area (Å²) in [6.45, 7) is 4.62. The molecule has 1 saturated heterocycles. The van der Waals surface area contributed by atoms with Crippen molar-refractivity contribution in [1.82, 2.24) is 5.32 Å². The molecule has 1 aliphatic rings. The van der Waals surface area contributed by atoms with Crippen molar-refractivity contribution in [2.24, 2.45) is 0 Å². The van der Waals surface area contributed by atoms with Gasteiger partial charge in [0.15, 0.2) is 0 Å². The minimum atomic E-state index is -0.846. The second-order valence-corrected chi connectivity index (χ2v) is 2.72. The van der Waals surface area contributed by atoms with Crippen molar-refractivity contribution in [2.75, 3.05) is 13.2 Å². The standard InChI is InChI=1S/C8H13NO3.ClH/c1-2-5-12-6-3-4-9-7(6)8(10)11;/h2,6-7,9H,1,3-5H2,(H,10,11);1H. The lowest BCUT2D eigenvalue weighted by molar-refractivity contribution is -0.142. The fourth-order valence-electron chi connectivity index (χ4n) is 1.30. The zero-order chi connectivity index (χ0) is 8.97. The highest BCUT2D eigenvalue weighted by Gasteiger charge is 2.32. The minimum Gasteiger partial charge on any atom is -0.480 e. The van der Waals surface area contributed by atoms with Crippen LogP contribution in [0.2, 0.25) is 0 Å². The maximum atomic E-state index is 10.6. The van der Waals surface area contributed by atoms with Crippen LogP contribution in [0.4, 0.5) is 0 Å². The monoisotopic (exact) mass is 207 g/mol. The molecular weight excluding hydrogens is 194 g/mol. The van der Waals surface area contributed by atoms with Crippen LogP contribution in [0.3, 0.4) is 0 Å². The van der Waals surface area contributed by atoms with E-state index in [9.17, 15) is 4.79 Å². The summed E-state index contributed by atoms with van der Waals surface area (Å²) in [7, 11) is 0. The van der Waals surface area contributed by atoms with E-state index in [0.29, 0.717) is 13.2 Å². The van der Waals surface area contributed by atoms with Crippen LogP contribution >= 0.6 is 12.4 Å². The highest BCUT2D eigenvalue weighted by atomic mass is 35.5. The molecule has 2 N–H and O–H groups in total. The Morgan fingerprint density at radius 3 is 3.00 bits per heavy atom. The summed E-state index contributed by atoms with van der Waals surface area (Å²) in [6, 6.07) is -0.551. The van der Waals surface area contributed by atoms with Crippen LogP contribution in [-0.2, 0) is 9.53 Å². The van der Waals surface area contributed by atoms with Crippen molar-refractivity contribution in [3.05, 3.63) is 12.7 Å². The molecule has 76 valence electrons. The summed E-state index contributed by atoms with van der Waals surface area (Å²) in [5.74, 6) is -0.846. The fourth-order valence-corrected chi connectivity index (χ4v) is 1.30. The molecule has 0 spiro atoms. The van der Waals surface area contributed by atoms with Gasteiger partial charge in [-0.3, -0.25) is 4.79 Å². The molecule has 1 rings (SSSR count). The zero-order valence-electron chi connectivity index (χ0n) is 7.23. The van der Waals surface area contributed by atoms with E-state index in [1.807, 2.05) is 0 Å². The van der Waals surface area contributed by atoms with Crippen LogP contribution in [0.15, 0.2) is 12.7 Å². The lowest BCUT2D eigenvalue weighted by Crippen LogP contribution is -2.39. The van der Waals surface area contributed by atoms with Crippen LogP contribution in [0.1, 0.15) is 6.42 Å². The summed E-state index contributed by atoms with van der Waals surface area (Å²) in [5, 5.41) is 11.6. The van der Waals surface area contributed by atoms with Gasteiger partial charge in [-0.25, -0.2) is 0 Å². The molecule has 0 aliphatic carbocycles. The third-order valence-corrected chi connectivity index (χ3v) is 1.86. The van der Waals surface area contributed by atoms with Crippen molar-refractivity contribution in [1.29, 1.82) is 0 Å². The van der Waals surface area contributed by atoms with Gasteiger partial charge < -0.3 is 15.2 Å². The highest BCUT2D eigenvalue weighted by molar-refractivity contribution is 5.85. The van der Waals surface area contributed by atoms with E-state index in [0.717, 1.165) is 6.42 Å². The minimum absolute atomic E-state index is 0. The Labute approximate surface area is 83.4 Å². The summed E-state index contributed by atoms with van der Waals surface area (Å²) < 4.78 is 5.26. The van der Waals surface area contributed by atoms with Gasteiger partial charge in [0.1, 0.15) is 6.04 Å². The smallest absolute Gasteiger partial charge is 0.323 e. The molecule has 13 heavy (non-hydrogen) atoms. The summed E-state index contributed by atoms with van der Waals surface area (Å²) in [5.41, 5.74) is 0. The first kappa shape index (κ1) is 12.4. The Balaban J connectivity index is 0.00000144. The third-order valence-electron chi connectivity index (χ3n) is 1.86. The number of rotatable bonds is 4. The van der Waals surface area contributed by atoms with Crippen LogP contribution in [0.25, 0.3) is 0 Å². The number of hydrogen-bond donors (Lipinski definition) is 2. The number of carboxylic acids is 1. The molecule has 1 aliphatic heterocycles. The predicted octanol–water partition coefficient (Wildman–Crippen LogP) is 0.426. The SMILES string of the molecule is C=CCOC1CCNC1C(=O)O.Cl. The molecule has 1 fully saturated rings. The number of hydrogen-bond acceptors (Lipinski definition) is 3. The molecule has 0 bridgehead atoms. The quantitative estimate of drug-likeness (QED) is 0.657. The van der Waals surface area contributed by atoms with Crippen LogP contribution in [0, 0.1) is 0 Å². The van der Waals surface area contributed by atoms with Gasteiger partial charge in [0.2, 0.25) is 0 Å². The summed E-state index contributed by atoms with van der Waals surface area (Å²) in [4.78, 5) is 10.6. The Morgan fingerprint density at radius 2 is 2.46 bits per heavy atom. The van der Waals surface area contributed by atoms with Gasteiger partial charge in [-0.1, -0.05) is 6.08 Å². The Morgan fingerprint density at radius 1 is 1.77 bits per heavy atom. The first-order chi connectivity index (χ1) is 5.75. The molecule has 0 amide bonds. The number of aliphatic carboxylic acids is 1. The predicted molar refractivity (Wildman–Crippen MR) is 51.2 cm³/mol. The van der Waals surface area contributed by atoms with Gasteiger partial charge in [-0.15, -0.1) is 19.0 Å². The zero-order valence-corrected chi connectivity index (χ0v) is 8.05. The molecule has 5 heteroatoms. The van der Waals surface area contributed by atoms with E-state index in [-0.39, 0.29) is 18.5 Å². The van der Waals surface area contributed by atoms with Gasteiger partial charge in [0.05, 0.1) is 12.7 Å². The molecule has 0 aromatic carbocycles. The molecule has 1 heterocycles. The number of nitrogens with one attached hydrogen (secondary N) is 1. The molecule has 2 atom stereocenters. The molecule has 0 radical (unpaired) electrons. The lowest BCUT2D eigenvalue weighted by Gasteiger charge is -2.14. The van der Waals surface area contributed by atoms with Gasteiger partial charge in [0, 0.05) is 0 Å². The van der Waals surface area contributed by atoms with Crippen molar-refractivity contribution >= 4 is 18.4 Å². The number of carbonyl (C=O) groups is 1. The molecule has 2 unspecified atom stereocenters. The first-order valence-electron chi connectivity index (χ1n) is 3.94. The lowest BCUT2D eigenvalue weighted by atomic mass is 10.2. The van der Waals surface area contributed by atoms with Gasteiger partial charge in [-0.2, -0.15) is 0 Å². The number of carboxylic acid groups (broad SMARTS) is 1. The van der Waals surface area contributed by atoms with Crippen LogP contribution in [0.5, 0.6) is 0 Å². The maximum Gasteiger partial charge on any atom is 0.323 e. The van der Waals surface area contributed by atoms with E-state index in [1.54, 1.807) is 6.08 Å². The maximum absolute atomic E-state index is 10.6. The molecule has 0 saturated carbocycles. The largest absolute Gasteiger partial charge is 0.480 e. The van der Waals surface area contributed by atoms with E-state index >= 15 is 0 Å². The molecular formula is C8H14ClNO3. The van der Waals surface area contributed by atoms with Crippen LogP contribution in [-0.4, -0.2) is 36.4 Å². The Kier molecular flexibility index (Phi) is 5.70. The van der Waals surface area contributed by atoms with Crippen molar-refractivity contribution in [3.63, 3.8) is 0 Å². The van der Waals surface area contributed by atoms with Gasteiger partial charge >= 0.3 is 5.97 Å². The Bertz CT molecular complexity index is 186. The summed E-state index contributed by atoms with van der Waals surface area (Å²) in [6.07, 6.45) is 2.17. The van der Waals surface area contributed by atoms with Crippen LogP contribution < -0.4 is 5.32 Å². The molecule has 0 aromatic rings. The van der Waals surface area contributed by atoms with E-state index in [2.05, 4.69) is 11.9 Å². The van der Waals surface area contributed by atoms with Gasteiger partial charge in [-0.05, 0) is 13.0 Å². The van der Waals surface area contributed by atoms with Crippen molar-refractivity contribution in [3.8, 4) is 0 Å². The molecule has 4 nitrogen and oxygen atoms in total. The topological polar surface area (TPSA) is 58.6 Å². The second kappa shape index (κ2) is 5.96. The third kappa shape index (κ3) is 3.34. The number of ether oxygens (including phenoxy) is 1. The summed E-state index contributed by atoms with van der Waals surface area (Å²) >= 11 is 0. The first-order valence-corrected chi connectivity index (χ1v) is 3.94. The van der Waals surface area contributed by atoms with E-state index in [4.69, 9.17) is 9.84 Å². The molecule has 0 aromatic heterocycles. The fraction of sp³-hybridized carbons (Fsp3) is 0.625. The van der Waals surface area contributed by atoms with Crippen molar-refractivity contribution in [2.45, 2.75) is 18.6 Å². The second-order valence-electron chi connectivity index (χ2n) is 2.72. The van der Waals surface area contributed by atoms with Crippen molar-refractivity contribution < 1.29 is 14.6 Å². The van der Waals surface area contributed by atoms with E-state index in [1.165, 1.54) is 0 Å².